The molecule has 2 aromatic rings. The van der Waals surface area contributed by atoms with Crippen LogP contribution >= 0.6 is 11.8 Å². The van der Waals surface area contributed by atoms with Gasteiger partial charge in [-0.1, -0.05) is 36.9 Å². The number of carbonyl (C=O) groups excluding carboxylic acids is 1. The summed E-state index contributed by atoms with van der Waals surface area (Å²) in [5, 5.41) is 9.92. The first-order valence-corrected chi connectivity index (χ1v) is 12.9. The molecule has 1 aromatic carbocycles. The van der Waals surface area contributed by atoms with Gasteiger partial charge in [0, 0.05) is 31.4 Å². The molecule has 8 heteroatoms. The van der Waals surface area contributed by atoms with Gasteiger partial charge in [-0.25, -0.2) is 0 Å². The SMILES string of the molecule is CC1CCN(c2nnc(SCC(=O)N3c4ccccc4C[C@@H]3C)n2C[C@H]2CCCO2)CC1. The van der Waals surface area contributed by atoms with Gasteiger partial charge in [-0.3, -0.25) is 9.36 Å². The van der Waals surface area contributed by atoms with Crippen molar-refractivity contribution < 1.29 is 9.53 Å². The Labute approximate surface area is 194 Å². The van der Waals surface area contributed by atoms with Crippen molar-refractivity contribution >= 4 is 29.3 Å². The summed E-state index contributed by atoms with van der Waals surface area (Å²) in [6, 6.07) is 8.42. The van der Waals surface area contributed by atoms with E-state index in [4.69, 9.17) is 4.74 Å². The van der Waals surface area contributed by atoms with Gasteiger partial charge < -0.3 is 14.5 Å². The molecule has 0 aliphatic carbocycles. The van der Waals surface area contributed by atoms with Crippen molar-refractivity contribution in [2.75, 3.05) is 35.2 Å². The topological polar surface area (TPSA) is 63.5 Å². The largest absolute Gasteiger partial charge is 0.376 e. The van der Waals surface area contributed by atoms with Gasteiger partial charge in [-0.2, -0.15) is 0 Å². The lowest BCUT2D eigenvalue weighted by Gasteiger charge is -2.31. The van der Waals surface area contributed by atoms with E-state index in [0.29, 0.717) is 5.75 Å². The van der Waals surface area contributed by atoms with Crippen molar-refractivity contribution in [1.29, 1.82) is 0 Å². The van der Waals surface area contributed by atoms with Crippen LogP contribution in [0.1, 0.15) is 45.1 Å². The van der Waals surface area contributed by atoms with Crippen LogP contribution in [0.25, 0.3) is 0 Å². The average Bonchev–Trinajstić information content (AvgIpc) is 3.52. The van der Waals surface area contributed by atoms with Gasteiger partial charge in [0.2, 0.25) is 11.9 Å². The molecule has 5 rings (SSSR count). The van der Waals surface area contributed by atoms with Crippen molar-refractivity contribution in [3.8, 4) is 0 Å². The van der Waals surface area contributed by atoms with Gasteiger partial charge in [0.15, 0.2) is 5.16 Å². The first-order chi connectivity index (χ1) is 15.6. The smallest absolute Gasteiger partial charge is 0.237 e. The van der Waals surface area contributed by atoms with E-state index in [9.17, 15) is 4.79 Å². The Balaban J connectivity index is 1.32. The Morgan fingerprint density at radius 1 is 1.16 bits per heavy atom. The molecule has 3 aliphatic heterocycles. The summed E-state index contributed by atoms with van der Waals surface area (Å²) in [7, 11) is 0. The lowest BCUT2D eigenvalue weighted by Crippen LogP contribution is -2.37. The lowest BCUT2D eigenvalue weighted by molar-refractivity contribution is -0.116. The first-order valence-electron chi connectivity index (χ1n) is 11.9. The van der Waals surface area contributed by atoms with Crippen molar-refractivity contribution in [2.24, 2.45) is 5.92 Å². The third-order valence-corrected chi connectivity index (χ3v) is 7.93. The Hall–Kier alpha value is -2.06. The molecule has 1 aromatic heterocycles. The van der Waals surface area contributed by atoms with Crippen LogP contribution in [-0.4, -0.2) is 58.3 Å². The Morgan fingerprint density at radius 2 is 1.97 bits per heavy atom. The summed E-state index contributed by atoms with van der Waals surface area (Å²) < 4.78 is 8.12. The molecule has 0 N–H and O–H groups in total. The van der Waals surface area contributed by atoms with E-state index >= 15 is 0 Å². The Kier molecular flexibility index (Phi) is 6.42. The molecular weight excluding hydrogens is 422 g/mol. The van der Waals surface area contributed by atoms with Gasteiger partial charge >= 0.3 is 0 Å². The van der Waals surface area contributed by atoms with E-state index in [1.807, 2.05) is 17.0 Å². The number of anilines is 2. The predicted octanol–water partition coefficient (Wildman–Crippen LogP) is 3.76. The second kappa shape index (κ2) is 9.43. The van der Waals surface area contributed by atoms with E-state index in [-0.39, 0.29) is 18.1 Å². The molecule has 0 bridgehead atoms. The number of hydrogen-bond donors (Lipinski definition) is 0. The van der Waals surface area contributed by atoms with E-state index in [0.717, 1.165) is 68.2 Å². The highest BCUT2D eigenvalue weighted by atomic mass is 32.2. The summed E-state index contributed by atoms with van der Waals surface area (Å²) in [5.74, 6) is 2.19. The van der Waals surface area contributed by atoms with Crippen LogP contribution < -0.4 is 9.80 Å². The number of fused-ring (bicyclic) bond motifs is 1. The second-order valence-electron chi connectivity index (χ2n) is 9.43. The summed E-state index contributed by atoms with van der Waals surface area (Å²) in [4.78, 5) is 17.5. The van der Waals surface area contributed by atoms with Crippen LogP contribution in [0.2, 0.25) is 0 Å². The number of carbonyl (C=O) groups is 1. The predicted molar refractivity (Wildman–Crippen MR) is 127 cm³/mol. The molecule has 172 valence electrons. The summed E-state index contributed by atoms with van der Waals surface area (Å²) in [5.41, 5.74) is 2.30. The number of nitrogens with zero attached hydrogens (tertiary/aromatic N) is 5. The summed E-state index contributed by atoms with van der Waals surface area (Å²) in [6.45, 7) is 8.05. The van der Waals surface area contributed by atoms with Crippen molar-refractivity contribution in [3.63, 3.8) is 0 Å². The fourth-order valence-electron chi connectivity index (χ4n) is 5.12. The van der Waals surface area contributed by atoms with E-state index in [1.54, 1.807) is 0 Å². The Morgan fingerprint density at radius 3 is 2.75 bits per heavy atom. The van der Waals surface area contributed by atoms with E-state index in [2.05, 4.69) is 45.6 Å². The zero-order chi connectivity index (χ0) is 22.1. The highest BCUT2D eigenvalue weighted by Crippen LogP contribution is 2.33. The zero-order valence-electron chi connectivity index (χ0n) is 19.1. The van der Waals surface area contributed by atoms with Crippen LogP contribution in [0.4, 0.5) is 11.6 Å². The molecule has 2 saturated heterocycles. The number of para-hydroxylation sites is 1. The molecule has 4 heterocycles. The van der Waals surface area contributed by atoms with Crippen molar-refractivity contribution in [2.45, 2.75) is 69.8 Å². The fourth-order valence-corrected chi connectivity index (χ4v) is 5.93. The average molecular weight is 456 g/mol. The van der Waals surface area contributed by atoms with Crippen LogP contribution in [0.15, 0.2) is 29.4 Å². The van der Waals surface area contributed by atoms with Crippen LogP contribution in [0.3, 0.4) is 0 Å². The minimum Gasteiger partial charge on any atom is -0.376 e. The van der Waals surface area contributed by atoms with Crippen LogP contribution in [0, 0.1) is 5.92 Å². The van der Waals surface area contributed by atoms with Gasteiger partial charge in [-0.15, -0.1) is 10.2 Å². The number of aromatic nitrogens is 3. The number of hydrogen-bond acceptors (Lipinski definition) is 6. The molecule has 7 nitrogen and oxygen atoms in total. The maximum atomic E-state index is 13.2. The minimum atomic E-state index is 0.132. The van der Waals surface area contributed by atoms with Gasteiger partial charge in [0.05, 0.1) is 18.4 Å². The van der Waals surface area contributed by atoms with Gasteiger partial charge in [0.1, 0.15) is 0 Å². The van der Waals surface area contributed by atoms with E-state index in [1.165, 1.54) is 30.2 Å². The number of piperidine rings is 1. The third kappa shape index (κ3) is 4.39. The molecule has 0 spiro atoms. The second-order valence-corrected chi connectivity index (χ2v) is 10.4. The quantitative estimate of drug-likeness (QED) is 0.618. The minimum absolute atomic E-state index is 0.132. The fraction of sp³-hybridized carbons (Fsp3) is 0.625. The number of benzene rings is 1. The number of thioether (sulfide) groups is 1. The lowest BCUT2D eigenvalue weighted by atomic mass is 10.00. The molecule has 3 aliphatic rings. The van der Waals surface area contributed by atoms with Gasteiger partial charge in [0.25, 0.3) is 0 Å². The summed E-state index contributed by atoms with van der Waals surface area (Å²) in [6.07, 6.45) is 5.66. The van der Waals surface area contributed by atoms with Crippen molar-refractivity contribution in [1.82, 2.24) is 14.8 Å². The van der Waals surface area contributed by atoms with Crippen LogP contribution in [-0.2, 0) is 22.5 Å². The number of rotatable bonds is 6. The van der Waals surface area contributed by atoms with E-state index < -0.39 is 0 Å². The molecule has 2 fully saturated rings. The molecule has 32 heavy (non-hydrogen) atoms. The molecular formula is C24H33N5O2S. The third-order valence-electron chi connectivity index (χ3n) is 6.97. The normalized spacial score (nSPS) is 23.7. The molecule has 2 atom stereocenters. The van der Waals surface area contributed by atoms with Crippen LogP contribution in [0.5, 0.6) is 0 Å². The molecule has 1 amide bonds. The highest BCUT2D eigenvalue weighted by Gasteiger charge is 2.31. The zero-order valence-corrected chi connectivity index (χ0v) is 19.9. The first kappa shape index (κ1) is 21.8. The maximum Gasteiger partial charge on any atom is 0.237 e. The standard InChI is InChI=1S/C24H33N5O2S/c1-17-9-11-27(12-10-17)23-25-26-24(28(23)15-20-7-5-13-31-20)32-16-22(30)29-18(2)14-19-6-3-4-8-21(19)29/h3-4,6,8,17-18,20H,5,7,9-16H2,1-2H3/t18-,20+/m0/s1. The van der Waals surface area contributed by atoms with Gasteiger partial charge in [-0.05, 0) is 56.6 Å². The number of ether oxygens (including phenoxy) is 1. The van der Waals surface area contributed by atoms with Crippen molar-refractivity contribution in [3.05, 3.63) is 29.8 Å². The number of amides is 1. The summed E-state index contributed by atoms with van der Waals surface area (Å²) >= 11 is 1.50. The maximum absolute atomic E-state index is 13.2. The monoisotopic (exact) mass is 455 g/mol. The molecule has 0 unspecified atom stereocenters. The Bertz CT molecular complexity index is 950. The highest BCUT2D eigenvalue weighted by molar-refractivity contribution is 7.99. The molecule has 0 saturated carbocycles. The molecule has 0 radical (unpaired) electrons.